The molecule has 0 spiro atoms. The van der Waals surface area contributed by atoms with Crippen LogP contribution in [-0.4, -0.2) is 25.2 Å². The molecule has 2 atom stereocenters. The molecule has 1 aliphatic carbocycles. The molecule has 0 amide bonds. The summed E-state index contributed by atoms with van der Waals surface area (Å²) in [4.78, 5) is 11.2. The number of hydrogen-bond donors (Lipinski definition) is 1. The van der Waals surface area contributed by atoms with E-state index in [1.807, 2.05) is 6.92 Å². The van der Waals surface area contributed by atoms with Crippen molar-refractivity contribution in [1.29, 1.82) is 0 Å². The Bertz CT molecular complexity index is 196. The van der Waals surface area contributed by atoms with Crippen LogP contribution in [0.4, 0.5) is 0 Å². The molecule has 0 bridgehead atoms. The molecule has 0 aromatic carbocycles. The molecule has 2 unspecified atom stereocenters. The normalized spacial score (nSPS) is 31.3. The summed E-state index contributed by atoms with van der Waals surface area (Å²) >= 11 is 0. The van der Waals surface area contributed by atoms with Crippen LogP contribution in [0.5, 0.6) is 0 Å². The monoisotopic (exact) mass is 213 g/mol. The average Bonchev–Trinajstić information content (AvgIpc) is 2.17. The van der Waals surface area contributed by atoms with Crippen molar-refractivity contribution in [2.45, 2.75) is 46.1 Å². The quantitative estimate of drug-likeness (QED) is 0.726. The Hall–Kier alpha value is -0.570. The van der Waals surface area contributed by atoms with Crippen LogP contribution >= 0.6 is 0 Å². The number of hydrogen-bond acceptors (Lipinski definition) is 3. The standard InChI is InChI=1S/C12H23NO2/c1-4-15-11(14)8-13-12-9(2)6-5-7-10(12)3/h9-10,12-13H,4-8H2,1-3H3. The molecule has 0 saturated heterocycles. The molecule has 0 aromatic rings. The Morgan fingerprint density at radius 1 is 1.33 bits per heavy atom. The fourth-order valence-corrected chi connectivity index (χ4v) is 2.50. The number of ether oxygens (including phenoxy) is 1. The lowest BCUT2D eigenvalue weighted by Gasteiger charge is -2.35. The molecular formula is C12H23NO2. The van der Waals surface area contributed by atoms with Gasteiger partial charge in [0.15, 0.2) is 0 Å². The van der Waals surface area contributed by atoms with Gasteiger partial charge in [-0.3, -0.25) is 4.79 Å². The molecule has 1 aliphatic rings. The van der Waals surface area contributed by atoms with Crippen LogP contribution in [0.15, 0.2) is 0 Å². The third-order valence-corrected chi connectivity index (χ3v) is 3.33. The minimum absolute atomic E-state index is 0.137. The van der Waals surface area contributed by atoms with E-state index in [1.165, 1.54) is 19.3 Å². The third kappa shape index (κ3) is 3.82. The SMILES string of the molecule is CCOC(=O)CNC1C(C)CCCC1C. The van der Waals surface area contributed by atoms with Crippen molar-refractivity contribution in [3.8, 4) is 0 Å². The van der Waals surface area contributed by atoms with Gasteiger partial charge in [-0.25, -0.2) is 0 Å². The minimum Gasteiger partial charge on any atom is -0.465 e. The summed E-state index contributed by atoms with van der Waals surface area (Å²) in [5.74, 6) is 1.20. The molecule has 0 aliphatic heterocycles. The molecule has 88 valence electrons. The Labute approximate surface area is 92.6 Å². The van der Waals surface area contributed by atoms with Crippen LogP contribution < -0.4 is 5.32 Å². The fourth-order valence-electron chi connectivity index (χ4n) is 2.50. The van der Waals surface area contributed by atoms with Gasteiger partial charge in [0.05, 0.1) is 13.2 Å². The summed E-state index contributed by atoms with van der Waals surface area (Å²) in [7, 11) is 0. The second kappa shape index (κ2) is 6.11. The molecule has 0 aromatic heterocycles. The van der Waals surface area contributed by atoms with E-state index >= 15 is 0 Å². The van der Waals surface area contributed by atoms with E-state index in [0.717, 1.165) is 0 Å². The highest BCUT2D eigenvalue weighted by Crippen LogP contribution is 2.28. The van der Waals surface area contributed by atoms with E-state index in [4.69, 9.17) is 4.74 Å². The summed E-state index contributed by atoms with van der Waals surface area (Å²) in [6.07, 6.45) is 3.86. The van der Waals surface area contributed by atoms with E-state index in [2.05, 4.69) is 19.2 Å². The maximum atomic E-state index is 11.2. The zero-order valence-electron chi connectivity index (χ0n) is 10.1. The van der Waals surface area contributed by atoms with Crippen molar-refractivity contribution in [3.05, 3.63) is 0 Å². The fraction of sp³-hybridized carbons (Fsp3) is 0.917. The van der Waals surface area contributed by atoms with Crippen molar-refractivity contribution in [2.24, 2.45) is 11.8 Å². The lowest BCUT2D eigenvalue weighted by molar-refractivity contribution is -0.142. The van der Waals surface area contributed by atoms with E-state index in [1.54, 1.807) is 0 Å². The summed E-state index contributed by atoms with van der Waals surface area (Å²) in [5.41, 5.74) is 0. The minimum atomic E-state index is -0.137. The zero-order valence-corrected chi connectivity index (χ0v) is 10.1. The Morgan fingerprint density at radius 2 is 1.93 bits per heavy atom. The third-order valence-electron chi connectivity index (χ3n) is 3.33. The van der Waals surface area contributed by atoms with Crippen LogP contribution in [0.3, 0.4) is 0 Å². The Morgan fingerprint density at radius 3 is 2.47 bits per heavy atom. The van der Waals surface area contributed by atoms with Crippen molar-refractivity contribution in [1.82, 2.24) is 5.32 Å². The van der Waals surface area contributed by atoms with Crippen LogP contribution in [0, 0.1) is 11.8 Å². The van der Waals surface area contributed by atoms with Gasteiger partial charge in [-0.2, -0.15) is 0 Å². The zero-order chi connectivity index (χ0) is 11.3. The maximum absolute atomic E-state index is 11.2. The predicted octanol–water partition coefficient (Wildman–Crippen LogP) is 1.96. The summed E-state index contributed by atoms with van der Waals surface area (Å²) in [5, 5.41) is 3.33. The number of esters is 1. The van der Waals surface area contributed by atoms with Gasteiger partial charge in [-0.05, 0) is 31.6 Å². The summed E-state index contributed by atoms with van der Waals surface area (Å²) in [6.45, 7) is 7.18. The first-order valence-corrected chi connectivity index (χ1v) is 6.04. The first kappa shape index (κ1) is 12.5. The van der Waals surface area contributed by atoms with E-state index in [0.29, 0.717) is 31.0 Å². The van der Waals surface area contributed by atoms with Crippen molar-refractivity contribution >= 4 is 5.97 Å². The second-order valence-corrected chi connectivity index (χ2v) is 4.60. The molecule has 1 N–H and O–H groups in total. The van der Waals surface area contributed by atoms with Crippen LogP contribution in [0.25, 0.3) is 0 Å². The van der Waals surface area contributed by atoms with Gasteiger partial charge in [0.25, 0.3) is 0 Å². The second-order valence-electron chi connectivity index (χ2n) is 4.60. The first-order valence-electron chi connectivity index (χ1n) is 6.04. The van der Waals surface area contributed by atoms with Crippen molar-refractivity contribution < 1.29 is 9.53 Å². The lowest BCUT2D eigenvalue weighted by Crippen LogP contribution is -2.45. The van der Waals surface area contributed by atoms with Gasteiger partial charge in [0.2, 0.25) is 0 Å². The molecule has 1 rings (SSSR count). The Kier molecular flexibility index (Phi) is 5.09. The molecule has 3 heteroatoms. The topological polar surface area (TPSA) is 38.3 Å². The van der Waals surface area contributed by atoms with Gasteiger partial charge >= 0.3 is 5.97 Å². The predicted molar refractivity (Wildman–Crippen MR) is 60.6 cm³/mol. The largest absolute Gasteiger partial charge is 0.465 e. The molecule has 0 radical (unpaired) electrons. The molecule has 15 heavy (non-hydrogen) atoms. The van der Waals surface area contributed by atoms with E-state index < -0.39 is 0 Å². The highest BCUT2D eigenvalue weighted by molar-refractivity contribution is 5.71. The van der Waals surface area contributed by atoms with Crippen molar-refractivity contribution in [3.63, 3.8) is 0 Å². The molecule has 0 heterocycles. The lowest BCUT2D eigenvalue weighted by atomic mass is 9.79. The smallest absolute Gasteiger partial charge is 0.319 e. The van der Waals surface area contributed by atoms with E-state index in [9.17, 15) is 4.79 Å². The first-order chi connectivity index (χ1) is 7.15. The van der Waals surface area contributed by atoms with Crippen LogP contribution in [-0.2, 0) is 9.53 Å². The van der Waals surface area contributed by atoms with Crippen molar-refractivity contribution in [2.75, 3.05) is 13.2 Å². The molecule has 1 fully saturated rings. The van der Waals surface area contributed by atoms with Gasteiger partial charge < -0.3 is 10.1 Å². The Balaban J connectivity index is 2.32. The van der Waals surface area contributed by atoms with Crippen LogP contribution in [0.2, 0.25) is 0 Å². The number of nitrogens with one attached hydrogen (secondary N) is 1. The summed E-state index contributed by atoms with van der Waals surface area (Å²) < 4.78 is 4.90. The van der Waals surface area contributed by atoms with E-state index in [-0.39, 0.29) is 5.97 Å². The van der Waals surface area contributed by atoms with Gasteiger partial charge in [-0.15, -0.1) is 0 Å². The highest BCUT2D eigenvalue weighted by Gasteiger charge is 2.27. The molecular weight excluding hydrogens is 190 g/mol. The number of carbonyl (C=O) groups excluding carboxylic acids is 1. The maximum Gasteiger partial charge on any atom is 0.319 e. The number of rotatable bonds is 4. The molecule has 1 saturated carbocycles. The highest BCUT2D eigenvalue weighted by atomic mass is 16.5. The van der Waals surface area contributed by atoms with Gasteiger partial charge in [-0.1, -0.05) is 20.3 Å². The van der Waals surface area contributed by atoms with Crippen LogP contribution in [0.1, 0.15) is 40.0 Å². The summed E-state index contributed by atoms with van der Waals surface area (Å²) in [6, 6.07) is 0.475. The molecule has 3 nitrogen and oxygen atoms in total. The van der Waals surface area contributed by atoms with Gasteiger partial charge in [0.1, 0.15) is 0 Å². The van der Waals surface area contributed by atoms with Gasteiger partial charge in [0, 0.05) is 6.04 Å². The number of carbonyl (C=O) groups is 1. The average molecular weight is 213 g/mol.